The molecule has 0 aromatic heterocycles. The number of phenols is 2. The van der Waals surface area contributed by atoms with Gasteiger partial charge < -0.3 is 26.5 Å². The van der Waals surface area contributed by atoms with Crippen LogP contribution in [0.1, 0.15) is 24.2 Å². The Morgan fingerprint density at radius 2 is 1.78 bits per heavy atom. The average Bonchev–Trinajstić information content (AvgIpc) is 2.25. The van der Waals surface area contributed by atoms with Crippen molar-refractivity contribution in [3.63, 3.8) is 0 Å². The van der Waals surface area contributed by atoms with Crippen LogP contribution in [0.15, 0.2) is 23.4 Å². The van der Waals surface area contributed by atoms with Crippen LogP contribution in [0.3, 0.4) is 0 Å². The summed E-state index contributed by atoms with van der Waals surface area (Å²) in [6, 6.07) is 3.49. The normalized spacial score (nSPS) is 12.2. The van der Waals surface area contributed by atoms with E-state index in [2.05, 4.69) is 10.5 Å². The number of nitrogens with zero attached hydrogens (tertiary/aromatic N) is 1. The second-order valence-electron chi connectivity index (χ2n) is 4.30. The topological polar surface area (TPSA) is 128 Å². The highest BCUT2D eigenvalue weighted by Crippen LogP contribution is 2.20. The predicted molar refractivity (Wildman–Crippen MR) is 64.7 cm³/mol. The molecule has 0 saturated heterocycles. The largest absolute Gasteiger partial charge is 0.508 e. The summed E-state index contributed by atoms with van der Waals surface area (Å²) >= 11 is 0. The number of hydrogen-bond donors (Lipinski definition) is 5. The molecule has 0 fully saturated rings. The molecule has 7 nitrogen and oxygen atoms in total. The molecule has 6 N–H and O–H groups in total. The van der Waals surface area contributed by atoms with Crippen molar-refractivity contribution in [2.45, 2.75) is 19.4 Å². The molecule has 0 atom stereocenters. The number of benzene rings is 1. The Morgan fingerprint density at radius 3 is 2.22 bits per heavy atom. The molecule has 0 bridgehead atoms. The van der Waals surface area contributed by atoms with Crippen molar-refractivity contribution in [1.29, 1.82) is 0 Å². The zero-order chi connectivity index (χ0) is 13.9. The number of aromatic hydroxyl groups is 2. The van der Waals surface area contributed by atoms with Gasteiger partial charge in [-0.3, -0.25) is 4.79 Å². The minimum Gasteiger partial charge on any atom is -0.508 e. The van der Waals surface area contributed by atoms with Gasteiger partial charge in [0.15, 0.2) is 5.84 Å². The second-order valence-corrected chi connectivity index (χ2v) is 4.30. The van der Waals surface area contributed by atoms with E-state index >= 15 is 0 Å². The summed E-state index contributed by atoms with van der Waals surface area (Å²) in [5.41, 5.74) is 4.42. The van der Waals surface area contributed by atoms with Gasteiger partial charge in [-0.05, 0) is 26.0 Å². The zero-order valence-electron chi connectivity index (χ0n) is 10.0. The van der Waals surface area contributed by atoms with Gasteiger partial charge in [0, 0.05) is 11.6 Å². The highest BCUT2D eigenvalue weighted by atomic mass is 16.4. The number of carbonyl (C=O) groups is 1. The molecule has 7 heteroatoms. The number of nitrogens with two attached hydrogens (primary N) is 1. The first-order valence-electron chi connectivity index (χ1n) is 5.10. The van der Waals surface area contributed by atoms with Crippen molar-refractivity contribution in [3.05, 3.63) is 23.8 Å². The van der Waals surface area contributed by atoms with Gasteiger partial charge in [0.25, 0.3) is 5.91 Å². The fourth-order valence-electron chi connectivity index (χ4n) is 1.27. The van der Waals surface area contributed by atoms with Crippen molar-refractivity contribution in [3.8, 4) is 11.5 Å². The van der Waals surface area contributed by atoms with Crippen molar-refractivity contribution in [1.82, 2.24) is 5.32 Å². The number of phenolic OH excluding ortho intramolecular Hbond substituents is 2. The van der Waals surface area contributed by atoms with E-state index in [0.29, 0.717) is 0 Å². The molecule has 0 radical (unpaired) electrons. The molecule has 0 aliphatic carbocycles. The van der Waals surface area contributed by atoms with Crippen LogP contribution in [0.2, 0.25) is 0 Å². The van der Waals surface area contributed by atoms with Gasteiger partial charge in [-0.1, -0.05) is 5.16 Å². The van der Waals surface area contributed by atoms with Crippen LogP contribution in [0.25, 0.3) is 0 Å². The Hall–Kier alpha value is -2.44. The third-order valence-electron chi connectivity index (χ3n) is 2.34. The van der Waals surface area contributed by atoms with E-state index in [-0.39, 0.29) is 22.9 Å². The smallest absolute Gasteiger partial charge is 0.252 e. The summed E-state index contributed by atoms with van der Waals surface area (Å²) in [5, 5.41) is 32.4. The highest BCUT2D eigenvalue weighted by molar-refractivity contribution is 6.00. The number of rotatable bonds is 3. The standard InChI is InChI=1S/C11H15N3O4/c1-11(2,10(12)14-18)13-9(17)6-3-7(15)5-8(16)4-6/h3-5,15-16,18H,1-2H3,(H2,12,14)(H,13,17). The molecule has 0 heterocycles. The molecule has 1 aromatic rings. The van der Waals surface area contributed by atoms with Crippen LogP contribution in [-0.2, 0) is 0 Å². The van der Waals surface area contributed by atoms with E-state index in [4.69, 9.17) is 10.9 Å². The van der Waals surface area contributed by atoms with Crippen molar-refractivity contribution >= 4 is 11.7 Å². The first-order valence-corrected chi connectivity index (χ1v) is 5.10. The number of oxime groups is 1. The number of amides is 1. The minimum absolute atomic E-state index is 0.0614. The lowest BCUT2D eigenvalue weighted by atomic mass is 10.0. The van der Waals surface area contributed by atoms with Crippen molar-refractivity contribution in [2.24, 2.45) is 10.9 Å². The van der Waals surface area contributed by atoms with Gasteiger partial charge in [0.05, 0.1) is 5.54 Å². The van der Waals surface area contributed by atoms with Gasteiger partial charge in [0.2, 0.25) is 0 Å². The van der Waals surface area contributed by atoms with Gasteiger partial charge in [-0.15, -0.1) is 0 Å². The first kappa shape index (κ1) is 13.6. The summed E-state index contributed by atoms with van der Waals surface area (Å²) in [4.78, 5) is 11.9. The van der Waals surface area contributed by atoms with E-state index in [1.807, 2.05) is 0 Å². The Morgan fingerprint density at radius 1 is 1.28 bits per heavy atom. The fraction of sp³-hybridized carbons (Fsp3) is 0.273. The lowest BCUT2D eigenvalue weighted by Crippen LogP contribution is -2.53. The Labute approximate surface area is 104 Å². The Kier molecular flexibility index (Phi) is 3.65. The van der Waals surface area contributed by atoms with E-state index in [0.717, 1.165) is 6.07 Å². The van der Waals surface area contributed by atoms with E-state index in [9.17, 15) is 15.0 Å². The number of hydrogen-bond acceptors (Lipinski definition) is 5. The summed E-state index contributed by atoms with van der Waals surface area (Å²) < 4.78 is 0. The Bertz CT molecular complexity index is 477. The molecule has 0 aliphatic rings. The van der Waals surface area contributed by atoms with Gasteiger partial charge in [-0.25, -0.2) is 0 Å². The summed E-state index contributed by atoms with van der Waals surface area (Å²) in [6.45, 7) is 3.09. The molecule has 1 aromatic carbocycles. The zero-order valence-corrected chi connectivity index (χ0v) is 10.0. The SMILES string of the molecule is CC(C)(NC(=O)c1cc(O)cc(O)c1)/C(N)=N/O. The molecule has 0 unspecified atom stereocenters. The number of carbonyl (C=O) groups excluding carboxylic acids is 1. The molecule has 0 spiro atoms. The fourth-order valence-corrected chi connectivity index (χ4v) is 1.27. The molecular weight excluding hydrogens is 238 g/mol. The van der Waals surface area contributed by atoms with Crippen molar-refractivity contribution < 1.29 is 20.2 Å². The predicted octanol–water partition coefficient (Wildman–Crippen LogP) is 0.353. The highest BCUT2D eigenvalue weighted by Gasteiger charge is 2.26. The minimum atomic E-state index is -1.06. The molecule has 98 valence electrons. The maximum Gasteiger partial charge on any atom is 0.252 e. The summed E-state index contributed by atoms with van der Waals surface area (Å²) in [7, 11) is 0. The van der Waals surface area contributed by atoms with Gasteiger partial charge in [-0.2, -0.15) is 0 Å². The summed E-state index contributed by atoms with van der Waals surface area (Å²) in [5.74, 6) is -1.21. The van der Waals surface area contributed by atoms with E-state index < -0.39 is 11.4 Å². The number of nitrogens with one attached hydrogen (secondary N) is 1. The van der Waals surface area contributed by atoms with E-state index in [1.54, 1.807) is 13.8 Å². The molecule has 0 aliphatic heterocycles. The number of amidine groups is 1. The lowest BCUT2D eigenvalue weighted by molar-refractivity contribution is 0.0930. The maximum absolute atomic E-state index is 11.9. The lowest BCUT2D eigenvalue weighted by Gasteiger charge is -2.24. The van der Waals surface area contributed by atoms with Crippen LogP contribution in [-0.4, -0.2) is 32.7 Å². The van der Waals surface area contributed by atoms with Crippen LogP contribution in [0, 0.1) is 0 Å². The monoisotopic (exact) mass is 253 g/mol. The third-order valence-corrected chi connectivity index (χ3v) is 2.34. The van der Waals surface area contributed by atoms with Crippen LogP contribution in [0.4, 0.5) is 0 Å². The molecule has 0 saturated carbocycles. The van der Waals surface area contributed by atoms with Crippen LogP contribution >= 0.6 is 0 Å². The quantitative estimate of drug-likeness (QED) is 0.230. The Balaban J connectivity index is 2.95. The molecule has 1 amide bonds. The van der Waals surface area contributed by atoms with E-state index in [1.165, 1.54) is 12.1 Å². The summed E-state index contributed by atoms with van der Waals surface area (Å²) in [6.07, 6.45) is 0. The van der Waals surface area contributed by atoms with Gasteiger partial charge >= 0.3 is 0 Å². The average molecular weight is 253 g/mol. The molecule has 18 heavy (non-hydrogen) atoms. The maximum atomic E-state index is 11.9. The van der Waals surface area contributed by atoms with Crippen LogP contribution in [0.5, 0.6) is 11.5 Å². The first-order chi connectivity index (χ1) is 8.26. The second kappa shape index (κ2) is 4.82. The third kappa shape index (κ3) is 3.03. The van der Waals surface area contributed by atoms with Crippen molar-refractivity contribution in [2.75, 3.05) is 0 Å². The van der Waals surface area contributed by atoms with Gasteiger partial charge in [0.1, 0.15) is 11.5 Å². The molecule has 1 rings (SSSR count). The molecular formula is C11H15N3O4. The van der Waals surface area contributed by atoms with Crippen LogP contribution < -0.4 is 11.1 Å².